The highest BCUT2D eigenvalue weighted by Crippen LogP contribution is 2.43. The Labute approximate surface area is 155 Å². The first-order valence-corrected chi connectivity index (χ1v) is 8.89. The number of amides is 1. The number of rotatable bonds is 4. The Morgan fingerprint density at radius 1 is 0.808 bits per heavy atom. The maximum absolute atomic E-state index is 11.9. The van der Waals surface area contributed by atoms with E-state index in [1.165, 1.54) is 0 Å². The minimum absolute atomic E-state index is 0.432. The number of primary amides is 1. The van der Waals surface area contributed by atoms with Crippen LogP contribution in [-0.2, 0) is 0 Å². The smallest absolute Gasteiger partial charge is 0.249 e. The third-order valence-corrected chi connectivity index (χ3v) is 5.36. The van der Waals surface area contributed by atoms with Crippen LogP contribution in [0.5, 0.6) is 0 Å². The molecule has 126 valence electrons. The van der Waals surface area contributed by atoms with Gasteiger partial charge in [-0.15, -0.1) is 11.3 Å². The lowest BCUT2D eigenvalue weighted by atomic mass is 9.97. The fraction of sp³-hybridized carbons (Fsp3) is 0. The summed E-state index contributed by atoms with van der Waals surface area (Å²) in [5, 5.41) is 0. The summed E-state index contributed by atoms with van der Waals surface area (Å²) in [5.41, 5.74) is 10.1. The molecule has 1 amide bonds. The Morgan fingerprint density at radius 2 is 1.42 bits per heavy atom. The average molecular weight is 357 g/mol. The highest BCUT2D eigenvalue weighted by Gasteiger charge is 2.18. The Hall–Kier alpha value is -3.31. The number of aromatic nitrogens is 2. The molecule has 5 heteroatoms. The van der Waals surface area contributed by atoms with E-state index in [-0.39, 0.29) is 0 Å². The number of benzene rings is 1. The predicted molar refractivity (Wildman–Crippen MR) is 105 cm³/mol. The van der Waals surface area contributed by atoms with Gasteiger partial charge < -0.3 is 5.73 Å². The van der Waals surface area contributed by atoms with Crippen LogP contribution in [0.25, 0.3) is 32.0 Å². The van der Waals surface area contributed by atoms with Crippen molar-refractivity contribution < 1.29 is 4.79 Å². The quantitative estimate of drug-likeness (QED) is 0.578. The third-order valence-electron chi connectivity index (χ3n) is 4.12. The van der Waals surface area contributed by atoms with Crippen molar-refractivity contribution in [3.8, 4) is 32.0 Å². The van der Waals surface area contributed by atoms with Crippen LogP contribution in [0.3, 0.4) is 0 Å². The van der Waals surface area contributed by atoms with Crippen LogP contribution in [0.4, 0.5) is 0 Å². The number of nitrogens with two attached hydrogens (primary N) is 1. The number of carbonyl (C=O) groups excluding carboxylic acids is 1. The highest BCUT2D eigenvalue weighted by molar-refractivity contribution is 7.19. The van der Waals surface area contributed by atoms with E-state index in [9.17, 15) is 4.79 Å². The normalized spacial score (nSPS) is 10.6. The molecule has 4 nitrogen and oxygen atoms in total. The number of carbonyl (C=O) groups is 1. The Balaban J connectivity index is 1.97. The second kappa shape index (κ2) is 6.90. The van der Waals surface area contributed by atoms with Crippen LogP contribution in [-0.4, -0.2) is 15.9 Å². The molecule has 1 aromatic carbocycles. The van der Waals surface area contributed by atoms with Crippen molar-refractivity contribution in [1.29, 1.82) is 0 Å². The summed E-state index contributed by atoms with van der Waals surface area (Å²) in [6.45, 7) is 0. The fourth-order valence-electron chi connectivity index (χ4n) is 2.90. The Morgan fingerprint density at radius 3 is 2.08 bits per heavy atom. The van der Waals surface area contributed by atoms with Gasteiger partial charge in [0.2, 0.25) is 5.91 Å². The van der Waals surface area contributed by atoms with E-state index in [1.54, 1.807) is 42.2 Å². The molecule has 0 aliphatic carbocycles. The maximum Gasteiger partial charge on any atom is 0.249 e. The Kier molecular flexibility index (Phi) is 4.29. The highest BCUT2D eigenvalue weighted by atomic mass is 32.1. The lowest BCUT2D eigenvalue weighted by Gasteiger charge is -2.08. The molecule has 4 rings (SSSR count). The van der Waals surface area contributed by atoms with Gasteiger partial charge in [-0.2, -0.15) is 0 Å². The molecular weight excluding hydrogens is 342 g/mol. The van der Waals surface area contributed by atoms with E-state index in [2.05, 4.69) is 16.0 Å². The van der Waals surface area contributed by atoms with E-state index in [0.717, 1.165) is 32.0 Å². The molecule has 4 aromatic rings. The van der Waals surface area contributed by atoms with Crippen molar-refractivity contribution in [2.75, 3.05) is 0 Å². The number of hydrogen-bond donors (Lipinski definition) is 1. The molecule has 0 fully saturated rings. The van der Waals surface area contributed by atoms with Crippen molar-refractivity contribution in [3.63, 3.8) is 0 Å². The molecule has 0 atom stereocenters. The number of pyridine rings is 2. The molecule has 0 saturated carbocycles. The van der Waals surface area contributed by atoms with Crippen molar-refractivity contribution >= 4 is 17.2 Å². The largest absolute Gasteiger partial charge is 0.366 e. The fourth-order valence-corrected chi connectivity index (χ4v) is 4.08. The molecule has 26 heavy (non-hydrogen) atoms. The van der Waals surface area contributed by atoms with Gasteiger partial charge in [-0.05, 0) is 53.1 Å². The molecule has 3 aromatic heterocycles. The summed E-state index contributed by atoms with van der Waals surface area (Å²) in [4.78, 5) is 22.3. The Bertz CT molecular complexity index is 1060. The van der Waals surface area contributed by atoms with Gasteiger partial charge in [-0.1, -0.05) is 18.2 Å². The van der Waals surface area contributed by atoms with E-state index >= 15 is 0 Å². The summed E-state index contributed by atoms with van der Waals surface area (Å²) >= 11 is 1.67. The summed E-state index contributed by atoms with van der Waals surface area (Å²) in [5.74, 6) is -0.432. The SMILES string of the molecule is NC(=O)c1ccccc1-c1cc(-c2ccncc2)sc1-c1ccncc1. The summed E-state index contributed by atoms with van der Waals surface area (Å²) in [6, 6.07) is 17.4. The minimum Gasteiger partial charge on any atom is -0.366 e. The van der Waals surface area contributed by atoms with Gasteiger partial charge in [0.1, 0.15) is 0 Å². The van der Waals surface area contributed by atoms with E-state index in [4.69, 9.17) is 5.73 Å². The van der Waals surface area contributed by atoms with E-state index in [0.29, 0.717) is 5.56 Å². The lowest BCUT2D eigenvalue weighted by Crippen LogP contribution is -2.12. The zero-order valence-corrected chi connectivity index (χ0v) is 14.6. The zero-order chi connectivity index (χ0) is 17.9. The predicted octanol–water partition coefficient (Wildman–Crippen LogP) is 4.64. The monoisotopic (exact) mass is 357 g/mol. The number of nitrogens with zero attached hydrogens (tertiary/aromatic N) is 2. The zero-order valence-electron chi connectivity index (χ0n) is 13.8. The van der Waals surface area contributed by atoms with Gasteiger partial charge in [0.05, 0.1) is 0 Å². The van der Waals surface area contributed by atoms with E-state index < -0.39 is 5.91 Å². The van der Waals surface area contributed by atoms with Gasteiger partial charge in [0.25, 0.3) is 0 Å². The second-order valence-electron chi connectivity index (χ2n) is 5.74. The molecule has 0 saturated heterocycles. The number of hydrogen-bond acceptors (Lipinski definition) is 4. The topological polar surface area (TPSA) is 68.9 Å². The van der Waals surface area contributed by atoms with Crippen LogP contribution in [0.15, 0.2) is 79.4 Å². The summed E-state index contributed by atoms with van der Waals surface area (Å²) in [6.07, 6.45) is 7.09. The van der Waals surface area contributed by atoms with Crippen LogP contribution < -0.4 is 5.73 Å². The van der Waals surface area contributed by atoms with Crippen LogP contribution in [0.1, 0.15) is 10.4 Å². The molecule has 2 N–H and O–H groups in total. The lowest BCUT2D eigenvalue weighted by molar-refractivity contribution is 0.100. The van der Waals surface area contributed by atoms with Crippen LogP contribution in [0.2, 0.25) is 0 Å². The van der Waals surface area contributed by atoms with Crippen molar-refractivity contribution in [1.82, 2.24) is 9.97 Å². The van der Waals surface area contributed by atoms with Crippen molar-refractivity contribution in [3.05, 3.63) is 84.9 Å². The van der Waals surface area contributed by atoms with Gasteiger partial charge in [-0.25, -0.2) is 0 Å². The summed E-state index contributed by atoms with van der Waals surface area (Å²) < 4.78 is 0. The van der Waals surface area contributed by atoms with Gasteiger partial charge in [-0.3, -0.25) is 14.8 Å². The molecule has 0 unspecified atom stereocenters. The van der Waals surface area contributed by atoms with Gasteiger partial charge in [0, 0.05) is 45.7 Å². The first kappa shape index (κ1) is 16.2. The molecule has 0 radical (unpaired) electrons. The molecule has 0 aliphatic rings. The molecule has 0 aliphatic heterocycles. The maximum atomic E-state index is 11.9. The van der Waals surface area contributed by atoms with Gasteiger partial charge in [0.15, 0.2) is 0 Å². The first-order valence-electron chi connectivity index (χ1n) is 8.08. The standard InChI is InChI=1S/C21H15N3OS/c22-21(25)17-4-2-1-3-16(17)18-13-19(14-5-9-23-10-6-14)26-20(18)15-7-11-24-12-8-15/h1-13H,(H2,22,25). The molecule has 3 heterocycles. The van der Waals surface area contributed by atoms with Crippen molar-refractivity contribution in [2.45, 2.75) is 0 Å². The van der Waals surface area contributed by atoms with E-state index in [1.807, 2.05) is 42.5 Å². The number of thiophene rings is 1. The molecular formula is C21H15N3OS. The summed E-state index contributed by atoms with van der Waals surface area (Å²) in [7, 11) is 0. The van der Waals surface area contributed by atoms with Gasteiger partial charge >= 0.3 is 0 Å². The molecule has 0 spiro atoms. The van der Waals surface area contributed by atoms with Crippen LogP contribution >= 0.6 is 11.3 Å². The first-order chi connectivity index (χ1) is 12.7. The third kappa shape index (κ3) is 3.00. The second-order valence-corrected chi connectivity index (χ2v) is 6.79. The minimum atomic E-state index is -0.432. The van der Waals surface area contributed by atoms with Crippen LogP contribution in [0, 0.1) is 0 Å². The molecule has 0 bridgehead atoms. The van der Waals surface area contributed by atoms with Crippen molar-refractivity contribution in [2.24, 2.45) is 5.73 Å². The average Bonchev–Trinajstić information content (AvgIpc) is 3.14.